The molecule has 6 heteroatoms. The van der Waals surface area contributed by atoms with Crippen molar-refractivity contribution in [3.05, 3.63) is 24.3 Å². The van der Waals surface area contributed by atoms with Crippen molar-refractivity contribution in [2.75, 3.05) is 33.4 Å². The number of nitrogens with one attached hydrogen (secondary N) is 2. The number of carbonyl (C=O) groups excluding carboxylic acids is 1. The highest BCUT2D eigenvalue weighted by Gasteiger charge is 2.13. The lowest BCUT2D eigenvalue weighted by Crippen LogP contribution is -2.38. The molecule has 0 aliphatic heterocycles. The van der Waals surface area contributed by atoms with Crippen LogP contribution in [-0.4, -0.2) is 45.5 Å². The molecule has 25 heavy (non-hydrogen) atoms. The number of benzene rings is 1. The molecule has 1 aromatic rings. The molecule has 0 bridgehead atoms. The molecule has 1 aliphatic carbocycles. The fourth-order valence-electron chi connectivity index (χ4n) is 2.88. The molecule has 0 atom stereocenters. The van der Waals surface area contributed by atoms with Gasteiger partial charge < -0.3 is 24.8 Å². The number of amides is 2. The van der Waals surface area contributed by atoms with Gasteiger partial charge in [-0.15, -0.1) is 0 Å². The van der Waals surface area contributed by atoms with E-state index >= 15 is 0 Å². The molecule has 1 aromatic carbocycles. The van der Waals surface area contributed by atoms with Gasteiger partial charge in [-0.05, 0) is 31.4 Å². The van der Waals surface area contributed by atoms with Gasteiger partial charge in [-0.1, -0.05) is 31.4 Å². The zero-order chi connectivity index (χ0) is 17.7. The average Bonchev–Trinajstić information content (AvgIpc) is 2.66. The van der Waals surface area contributed by atoms with E-state index in [1.165, 1.54) is 32.1 Å². The van der Waals surface area contributed by atoms with Gasteiger partial charge in [0.05, 0.1) is 19.8 Å². The lowest BCUT2D eigenvalue weighted by Gasteiger charge is -2.21. The van der Waals surface area contributed by atoms with Crippen molar-refractivity contribution in [2.24, 2.45) is 0 Å². The summed E-state index contributed by atoms with van der Waals surface area (Å²) in [5.74, 6) is 1.36. The van der Waals surface area contributed by atoms with Gasteiger partial charge >= 0.3 is 6.03 Å². The highest BCUT2D eigenvalue weighted by atomic mass is 16.5. The van der Waals surface area contributed by atoms with Crippen molar-refractivity contribution in [2.45, 2.75) is 44.6 Å². The van der Waals surface area contributed by atoms with Crippen molar-refractivity contribution < 1.29 is 19.0 Å². The molecule has 1 fully saturated rings. The third-order valence-electron chi connectivity index (χ3n) is 4.23. The topological polar surface area (TPSA) is 68.8 Å². The minimum absolute atomic E-state index is 0.179. The van der Waals surface area contributed by atoms with Crippen molar-refractivity contribution in [3.8, 4) is 11.5 Å². The lowest BCUT2D eigenvalue weighted by molar-refractivity contribution is 0.0275. The molecular formula is C19H30N2O4. The maximum absolute atomic E-state index is 11.7. The van der Waals surface area contributed by atoms with Gasteiger partial charge in [0.2, 0.25) is 0 Å². The number of hydrogen-bond acceptors (Lipinski definition) is 4. The Labute approximate surface area is 150 Å². The second-order valence-electron chi connectivity index (χ2n) is 6.17. The number of ether oxygens (including phenoxy) is 3. The van der Waals surface area contributed by atoms with E-state index < -0.39 is 0 Å². The van der Waals surface area contributed by atoms with Crippen LogP contribution >= 0.6 is 0 Å². The van der Waals surface area contributed by atoms with Gasteiger partial charge in [0.1, 0.15) is 6.61 Å². The van der Waals surface area contributed by atoms with E-state index in [2.05, 4.69) is 10.6 Å². The summed E-state index contributed by atoms with van der Waals surface area (Å²) >= 11 is 0. The first-order valence-electron chi connectivity index (χ1n) is 9.18. The summed E-state index contributed by atoms with van der Waals surface area (Å²) in [6.45, 7) is 2.15. The first kappa shape index (κ1) is 19.4. The van der Waals surface area contributed by atoms with Crippen molar-refractivity contribution in [1.29, 1.82) is 0 Å². The summed E-state index contributed by atoms with van der Waals surface area (Å²) in [6, 6.07) is 7.26. The summed E-state index contributed by atoms with van der Waals surface area (Å²) in [5.41, 5.74) is 0. The number of carbonyl (C=O) groups is 1. The first-order chi connectivity index (χ1) is 12.3. The maximum atomic E-state index is 11.7. The van der Waals surface area contributed by atoms with Crippen LogP contribution in [0, 0.1) is 0 Å². The Hall–Kier alpha value is -1.95. The van der Waals surface area contributed by atoms with Crippen LogP contribution in [0.5, 0.6) is 11.5 Å². The minimum atomic E-state index is -0.179. The molecule has 140 valence electrons. The summed E-state index contributed by atoms with van der Waals surface area (Å²) in [7, 11) is 1.60. The van der Waals surface area contributed by atoms with Gasteiger partial charge in [0, 0.05) is 13.2 Å². The van der Waals surface area contributed by atoms with Gasteiger partial charge in [0.25, 0.3) is 0 Å². The predicted molar refractivity (Wildman–Crippen MR) is 97.3 cm³/mol. The fraction of sp³-hybridized carbons (Fsp3) is 0.632. The molecular weight excluding hydrogens is 320 g/mol. The molecule has 2 amide bonds. The Kier molecular flexibility index (Phi) is 8.97. The molecule has 2 N–H and O–H groups in total. The molecule has 0 spiro atoms. The van der Waals surface area contributed by atoms with Crippen molar-refractivity contribution >= 4 is 6.03 Å². The SMILES string of the molecule is COc1ccccc1OCCNC(=O)NCCCOC1CCCCC1. The number of urea groups is 1. The molecule has 0 aromatic heterocycles. The zero-order valence-corrected chi connectivity index (χ0v) is 15.1. The number of methoxy groups -OCH3 is 1. The van der Waals surface area contributed by atoms with E-state index in [4.69, 9.17) is 14.2 Å². The van der Waals surface area contributed by atoms with Crippen LogP contribution < -0.4 is 20.1 Å². The van der Waals surface area contributed by atoms with Crippen LogP contribution in [0.25, 0.3) is 0 Å². The lowest BCUT2D eigenvalue weighted by atomic mass is 9.98. The minimum Gasteiger partial charge on any atom is -0.493 e. The first-order valence-corrected chi connectivity index (χ1v) is 9.18. The summed E-state index contributed by atoms with van der Waals surface area (Å²) in [6.07, 6.45) is 7.52. The Balaban J connectivity index is 1.47. The van der Waals surface area contributed by atoms with Crippen LogP contribution in [0.4, 0.5) is 4.79 Å². The molecule has 0 radical (unpaired) electrons. The van der Waals surface area contributed by atoms with Crippen LogP contribution in [0.1, 0.15) is 38.5 Å². The summed E-state index contributed by atoms with van der Waals surface area (Å²) in [5, 5.41) is 5.61. The molecule has 1 aliphatic rings. The predicted octanol–water partition coefficient (Wildman–Crippen LogP) is 3.11. The Morgan fingerprint density at radius 2 is 1.76 bits per heavy atom. The van der Waals surface area contributed by atoms with Crippen LogP contribution in [0.15, 0.2) is 24.3 Å². The number of para-hydroxylation sites is 2. The average molecular weight is 350 g/mol. The summed E-state index contributed by atoms with van der Waals surface area (Å²) < 4.78 is 16.6. The van der Waals surface area contributed by atoms with Crippen LogP contribution in [0.3, 0.4) is 0 Å². The Bertz CT molecular complexity index is 504. The molecule has 6 nitrogen and oxygen atoms in total. The highest BCUT2D eigenvalue weighted by Crippen LogP contribution is 2.25. The van der Waals surface area contributed by atoms with E-state index in [-0.39, 0.29) is 6.03 Å². The van der Waals surface area contributed by atoms with E-state index in [0.29, 0.717) is 43.9 Å². The molecule has 2 rings (SSSR count). The van der Waals surface area contributed by atoms with Gasteiger partial charge in [-0.3, -0.25) is 0 Å². The van der Waals surface area contributed by atoms with Gasteiger partial charge in [0.15, 0.2) is 11.5 Å². The quantitative estimate of drug-likeness (QED) is 0.636. The van der Waals surface area contributed by atoms with Crippen LogP contribution in [-0.2, 0) is 4.74 Å². The van der Waals surface area contributed by atoms with Gasteiger partial charge in [-0.2, -0.15) is 0 Å². The Morgan fingerprint density at radius 1 is 1.04 bits per heavy atom. The second kappa shape index (κ2) is 11.6. The van der Waals surface area contributed by atoms with Gasteiger partial charge in [-0.25, -0.2) is 4.79 Å². The monoisotopic (exact) mass is 350 g/mol. The molecule has 0 saturated heterocycles. The normalized spacial score (nSPS) is 14.8. The largest absolute Gasteiger partial charge is 0.493 e. The maximum Gasteiger partial charge on any atom is 0.314 e. The smallest absolute Gasteiger partial charge is 0.314 e. The fourth-order valence-corrected chi connectivity index (χ4v) is 2.88. The summed E-state index contributed by atoms with van der Waals surface area (Å²) in [4.78, 5) is 11.7. The van der Waals surface area contributed by atoms with E-state index in [0.717, 1.165) is 6.42 Å². The Morgan fingerprint density at radius 3 is 2.52 bits per heavy atom. The molecule has 0 heterocycles. The molecule has 0 unspecified atom stereocenters. The standard InChI is InChI=1S/C19H30N2O4/c1-23-17-10-5-6-11-18(17)25-15-13-21-19(22)20-12-7-14-24-16-8-3-2-4-9-16/h5-6,10-11,16H,2-4,7-9,12-15H2,1H3,(H2,20,21,22). The third-order valence-corrected chi connectivity index (χ3v) is 4.23. The number of rotatable bonds is 10. The van der Waals surface area contributed by atoms with Crippen LogP contribution in [0.2, 0.25) is 0 Å². The highest BCUT2D eigenvalue weighted by molar-refractivity contribution is 5.73. The third kappa shape index (κ3) is 7.65. The zero-order valence-electron chi connectivity index (χ0n) is 15.1. The van der Waals surface area contributed by atoms with Crippen molar-refractivity contribution in [1.82, 2.24) is 10.6 Å². The van der Waals surface area contributed by atoms with E-state index in [1.807, 2.05) is 24.3 Å². The number of hydrogen-bond donors (Lipinski definition) is 2. The van der Waals surface area contributed by atoms with E-state index in [1.54, 1.807) is 7.11 Å². The van der Waals surface area contributed by atoms with E-state index in [9.17, 15) is 4.79 Å². The van der Waals surface area contributed by atoms with Crippen molar-refractivity contribution in [3.63, 3.8) is 0 Å². The molecule has 1 saturated carbocycles. The second-order valence-corrected chi connectivity index (χ2v) is 6.17.